The average molecular weight is 366 g/mol. The molecular formula is C22H23FN2O2. The van der Waals surface area contributed by atoms with E-state index in [-0.39, 0.29) is 17.6 Å². The quantitative estimate of drug-likeness (QED) is 0.619. The average Bonchev–Trinajstić information content (AvgIpc) is 3.44. The maximum absolute atomic E-state index is 13.3. The standard InChI is InChI=1S/C22H23FN2O2/c1-2-20-25-19-12-11-17(14-7-9-16(23)10-8-14)18(21(19)27-20)4-3-13-24-22(26)15-5-6-15/h7-12,15H,2-6,13H2,1H3,(H,24,26). The first-order valence-corrected chi connectivity index (χ1v) is 9.60. The summed E-state index contributed by atoms with van der Waals surface area (Å²) in [5, 5.41) is 3.01. The number of carbonyl (C=O) groups is 1. The lowest BCUT2D eigenvalue weighted by Crippen LogP contribution is -2.26. The highest BCUT2D eigenvalue weighted by molar-refractivity contribution is 5.85. The fraction of sp³-hybridized carbons (Fsp3) is 0.364. The molecule has 0 saturated heterocycles. The SMILES string of the molecule is CCc1nc2ccc(-c3ccc(F)cc3)c(CCCNC(=O)C3CC3)c2o1. The third-order valence-corrected chi connectivity index (χ3v) is 5.01. The first-order chi connectivity index (χ1) is 13.2. The second-order valence-corrected chi connectivity index (χ2v) is 7.08. The summed E-state index contributed by atoms with van der Waals surface area (Å²) >= 11 is 0. The van der Waals surface area contributed by atoms with Crippen LogP contribution in [-0.2, 0) is 17.6 Å². The van der Waals surface area contributed by atoms with Crippen molar-refractivity contribution in [3.8, 4) is 11.1 Å². The van der Waals surface area contributed by atoms with Crippen molar-refractivity contribution in [3.05, 3.63) is 53.7 Å². The van der Waals surface area contributed by atoms with Gasteiger partial charge < -0.3 is 9.73 Å². The Bertz CT molecular complexity index is 958. The number of fused-ring (bicyclic) bond motifs is 1. The van der Waals surface area contributed by atoms with Crippen molar-refractivity contribution in [2.75, 3.05) is 6.54 Å². The number of aryl methyl sites for hydroxylation is 2. The number of nitrogens with zero attached hydrogens (tertiary/aromatic N) is 1. The van der Waals surface area contributed by atoms with Crippen LogP contribution in [0.4, 0.5) is 4.39 Å². The van der Waals surface area contributed by atoms with Crippen LogP contribution in [0.2, 0.25) is 0 Å². The number of benzene rings is 2. The van der Waals surface area contributed by atoms with Crippen LogP contribution < -0.4 is 5.32 Å². The van der Waals surface area contributed by atoms with Crippen LogP contribution in [0.1, 0.15) is 37.6 Å². The lowest BCUT2D eigenvalue weighted by molar-refractivity contribution is -0.122. The molecule has 1 N–H and O–H groups in total. The molecule has 1 aliphatic rings. The van der Waals surface area contributed by atoms with Gasteiger partial charge in [-0.3, -0.25) is 4.79 Å². The Hall–Kier alpha value is -2.69. The third-order valence-electron chi connectivity index (χ3n) is 5.01. The summed E-state index contributed by atoms with van der Waals surface area (Å²) in [6.45, 7) is 2.65. The van der Waals surface area contributed by atoms with E-state index in [1.807, 2.05) is 19.1 Å². The molecule has 1 aromatic heterocycles. The van der Waals surface area contributed by atoms with Gasteiger partial charge in [0.25, 0.3) is 0 Å². The fourth-order valence-corrected chi connectivity index (χ4v) is 3.36. The number of nitrogens with one attached hydrogen (secondary N) is 1. The van der Waals surface area contributed by atoms with Crippen LogP contribution in [0.5, 0.6) is 0 Å². The molecule has 2 aromatic carbocycles. The van der Waals surface area contributed by atoms with Crippen molar-refractivity contribution < 1.29 is 13.6 Å². The molecule has 5 heteroatoms. The predicted octanol–water partition coefficient (Wildman–Crippen LogP) is 4.66. The van der Waals surface area contributed by atoms with E-state index < -0.39 is 0 Å². The third kappa shape index (κ3) is 3.87. The maximum atomic E-state index is 13.3. The van der Waals surface area contributed by atoms with Gasteiger partial charge in [0.2, 0.25) is 5.91 Å². The number of aromatic nitrogens is 1. The van der Waals surface area contributed by atoms with Crippen LogP contribution in [0.25, 0.3) is 22.2 Å². The fourth-order valence-electron chi connectivity index (χ4n) is 3.36. The number of hydrogen-bond donors (Lipinski definition) is 1. The summed E-state index contributed by atoms with van der Waals surface area (Å²) in [5.74, 6) is 0.853. The maximum Gasteiger partial charge on any atom is 0.223 e. The number of hydrogen-bond acceptors (Lipinski definition) is 3. The van der Waals surface area contributed by atoms with Gasteiger partial charge in [0.15, 0.2) is 11.5 Å². The van der Waals surface area contributed by atoms with E-state index in [2.05, 4.69) is 10.3 Å². The molecule has 0 aliphatic heterocycles. The molecule has 0 unspecified atom stereocenters. The van der Waals surface area contributed by atoms with Crippen molar-refractivity contribution >= 4 is 17.0 Å². The molecule has 1 heterocycles. The van der Waals surface area contributed by atoms with E-state index in [4.69, 9.17) is 4.42 Å². The minimum absolute atomic E-state index is 0.167. The smallest absolute Gasteiger partial charge is 0.223 e. The summed E-state index contributed by atoms with van der Waals surface area (Å²) in [6.07, 6.45) is 4.33. The molecule has 1 aliphatic carbocycles. The highest BCUT2D eigenvalue weighted by Crippen LogP contribution is 2.32. The molecule has 4 rings (SSSR count). The summed E-state index contributed by atoms with van der Waals surface area (Å²) < 4.78 is 19.3. The zero-order chi connectivity index (χ0) is 18.8. The van der Waals surface area contributed by atoms with Gasteiger partial charge in [-0.2, -0.15) is 0 Å². The van der Waals surface area contributed by atoms with Crippen molar-refractivity contribution in [2.45, 2.75) is 39.0 Å². The van der Waals surface area contributed by atoms with Gasteiger partial charge in [-0.25, -0.2) is 9.37 Å². The number of amides is 1. The number of oxazole rings is 1. The highest BCUT2D eigenvalue weighted by Gasteiger charge is 2.29. The van der Waals surface area contributed by atoms with E-state index in [1.54, 1.807) is 12.1 Å². The molecular weight excluding hydrogens is 343 g/mol. The van der Waals surface area contributed by atoms with Crippen LogP contribution in [0.3, 0.4) is 0 Å². The zero-order valence-electron chi connectivity index (χ0n) is 15.4. The molecule has 0 radical (unpaired) electrons. The second-order valence-electron chi connectivity index (χ2n) is 7.08. The second kappa shape index (κ2) is 7.51. The molecule has 0 bridgehead atoms. The molecule has 1 amide bonds. The Balaban J connectivity index is 1.61. The van der Waals surface area contributed by atoms with Crippen molar-refractivity contribution in [1.82, 2.24) is 10.3 Å². The number of carbonyl (C=O) groups excluding carboxylic acids is 1. The Morgan fingerprint density at radius 1 is 1.22 bits per heavy atom. The summed E-state index contributed by atoms with van der Waals surface area (Å²) in [7, 11) is 0. The monoisotopic (exact) mass is 366 g/mol. The molecule has 4 nitrogen and oxygen atoms in total. The lowest BCUT2D eigenvalue weighted by Gasteiger charge is -2.11. The molecule has 0 atom stereocenters. The van der Waals surface area contributed by atoms with Crippen molar-refractivity contribution in [3.63, 3.8) is 0 Å². The van der Waals surface area contributed by atoms with Crippen molar-refractivity contribution in [2.24, 2.45) is 5.92 Å². The Morgan fingerprint density at radius 2 is 2.00 bits per heavy atom. The minimum atomic E-state index is -0.253. The minimum Gasteiger partial charge on any atom is -0.440 e. The molecule has 1 saturated carbocycles. The van der Waals surface area contributed by atoms with E-state index in [0.29, 0.717) is 12.4 Å². The van der Waals surface area contributed by atoms with E-state index in [9.17, 15) is 9.18 Å². The number of rotatable bonds is 7. The van der Waals surface area contributed by atoms with E-state index in [0.717, 1.165) is 59.9 Å². The van der Waals surface area contributed by atoms with Gasteiger partial charge in [-0.15, -0.1) is 0 Å². The largest absolute Gasteiger partial charge is 0.440 e. The molecule has 27 heavy (non-hydrogen) atoms. The molecule has 1 fully saturated rings. The summed E-state index contributed by atoms with van der Waals surface area (Å²) in [4.78, 5) is 16.3. The van der Waals surface area contributed by atoms with Crippen LogP contribution in [0, 0.1) is 11.7 Å². The van der Waals surface area contributed by atoms with Gasteiger partial charge in [0, 0.05) is 24.4 Å². The van der Waals surface area contributed by atoms with Gasteiger partial charge in [0.1, 0.15) is 11.3 Å². The molecule has 0 spiro atoms. The molecule has 3 aromatic rings. The zero-order valence-corrected chi connectivity index (χ0v) is 15.4. The van der Waals surface area contributed by atoms with Crippen molar-refractivity contribution in [1.29, 1.82) is 0 Å². The van der Waals surface area contributed by atoms with Gasteiger partial charge in [-0.1, -0.05) is 25.1 Å². The van der Waals surface area contributed by atoms with Crippen LogP contribution >= 0.6 is 0 Å². The molecule has 140 valence electrons. The first kappa shape index (κ1) is 17.7. The van der Waals surface area contributed by atoms with Gasteiger partial charge in [0.05, 0.1) is 0 Å². The van der Waals surface area contributed by atoms with Gasteiger partial charge in [-0.05, 0) is 55.0 Å². The predicted molar refractivity (Wildman–Crippen MR) is 103 cm³/mol. The van der Waals surface area contributed by atoms with Crippen LogP contribution in [-0.4, -0.2) is 17.4 Å². The van der Waals surface area contributed by atoms with E-state index in [1.165, 1.54) is 12.1 Å². The highest BCUT2D eigenvalue weighted by atomic mass is 19.1. The van der Waals surface area contributed by atoms with Crippen LogP contribution in [0.15, 0.2) is 40.8 Å². The summed E-state index contributed by atoms with van der Waals surface area (Å²) in [6, 6.07) is 10.5. The number of halogens is 1. The summed E-state index contributed by atoms with van der Waals surface area (Å²) in [5.41, 5.74) is 4.67. The van der Waals surface area contributed by atoms with Gasteiger partial charge >= 0.3 is 0 Å². The normalized spacial score (nSPS) is 13.9. The Kier molecular flexibility index (Phi) is 4.92. The Labute approximate surface area is 157 Å². The van der Waals surface area contributed by atoms with E-state index >= 15 is 0 Å². The lowest BCUT2D eigenvalue weighted by atomic mass is 9.95. The Morgan fingerprint density at radius 3 is 2.70 bits per heavy atom. The topological polar surface area (TPSA) is 55.1 Å². The first-order valence-electron chi connectivity index (χ1n) is 9.60.